The first-order valence-corrected chi connectivity index (χ1v) is 24.2. The smallest absolute Gasteiger partial charge is 0.122 e. The third kappa shape index (κ3) is 6.01. The third-order valence-corrected chi connectivity index (χ3v) is 14.7. The number of nitrogens with zero attached hydrogens (tertiary/aromatic N) is 3. The maximum atomic E-state index is 2.60. The van der Waals surface area contributed by atoms with E-state index in [4.69, 9.17) is 0 Å². The molecule has 1 aliphatic rings. The predicted molar refractivity (Wildman–Crippen MR) is 295 cm³/mol. The molecule has 0 N–H and O–H groups in total. The summed E-state index contributed by atoms with van der Waals surface area (Å²) < 4.78 is 2.47. The molecule has 0 amide bonds. The summed E-state index contributed by atoms with van der Waals surface area (Å²) >= 11 is 0. The zero-order valence-electron chi connectivity index (χ0n) is 38.3. The molecular weight excluding hydrogens is 847 g/mol. The van der Waals surface area contributed by atoms with Gasteiger partial charge in [0.2, 0.25) is 0 Å². The van der Waals surface area contributed by atoms with E-state index in [2.05, 4.69) is 287 Å². The normalized spacial score (nSPS) is 14.1. The highest BCUT2D eigenvalue weighted by Gasteiger charge is 2.50. The van der Waals surface area contributed by atoms with Crippen LogP contribution in [0.5, 0.6) is 0 Å². The van der Waals surface area contributed by atoms with Crippen LogP contribution in [0.25, 0.3) is 70.9 Å². The molecule has 14 rings (SSSR count). The molecule has 0 saturated heterocycles. The summed E-state index contributed by atoms with van der Waals surface area (Å²) in [6.07, 6.45) is 0. The van der Waals surface area contributed by atoms with Crippen molar-refractivity contribution >= 4 is 82.6 Å². The molecule has 0 bridgehead atoms. The zero-order valence-corrected chi connectivity index (χ0v) is 38.3. The molecule has 1 heterocycles. The molecule has 13 aromatic rings. The maximum Gasteiger partial charge on any atom is 0.122 e. The van der Waals surface area contributed by atoms with E-state index in [0.29, 0.717) is 0 Å². The standard InChI is InChI=1S/C67H45N3/c1-3-25-50(26-4-1)67(70(51-27-5-2-6-28-51)54-38-37-46-19-7-8-22-49(46)43-54)61-33-15-13-31-57(61)58-41-39-52(44-62(58)67)68(63-35-17-23-47-20-9-11-29-55(47)63)53-40-42-60-59-32-14-16-34-65(59)69(66(60)45-53)64-36-18-24-48-21-10-12-30-56(48)64/h1-45H. The summed E-state index contributed by atoms with van der Waals surface area (Å²) in [5, 5.41) is 9.66. The number of hydrogen-bond donors (Lipinski definition) is 0. The molecule has 0 fully saturated rings. The minimum Gasteiger partial charge on any atom is -0.323 e. The quantitative estimate of drug-likeness (QED) is 0.151. The molecule has 70 heavy (non-hydrogen) atoms. The largest absolute Gasteiger partial charge is 0.323 e. The highest BCUT2D eigenvalue weighted by Crippen LogP contribution is 2.59. The van der Waals surface area contributed by atoms with Crippen molar-refractivity contribution in [2.75, 3.05) is 9.80 Å². The molecule has 0 spiro atoms. The number of fused-ring (bicyclic) bond motifs is 9. The van der Waals surface area contributed by atoms with Gasteiger partial charge in [-0.3, -0.25) is 0 Å². The first-order valence-electron chi connectivity index (χ1n) is 24.2. The van der Waals surface area contributed by atoms with E-state index < -0.39 is 5.54 Å². The molecule has 1 aromatic heterocycles. The number of hydrogen-bond acceptors (Lipinski definition) is 2. The third-order valence-electron chi connectivity index (χ3n) is 14.7. The van der Waals surface area contributed by atoms with Crippen molar-refractivity contribution in [2.45, 2.75) is 5.54 Å². The van der Waals surface area contributed by atoms with Gasteiger partial charge in [-0.1, -0.05) is 206 Å². The summed E-state index contributed by atoms with van der Waals surface area (Å²) in [6, 6.07) is 101. The van der Waals surface area contributed by atoms with Crippen molar-refractivity contribution in [1.82, 2.24) is 4.57 Å². The molecule has 1 atom stereocenters. The Morgan fingerprint density at radius 1 is 0.300 bits per heavy atom. The summed E-state index contributed by atoms with van der Waals surface area (Å²) in [6.45, 7) is 0. The van der Waals surface area contributed by atoms with Crippen molar-refractivity contribution in [2.24, 2.45) is 0 Å². The lowest BCUT2D eigenvalue weighted by atomic mass is 9.78. The van der Waals surface area contributed by atoms with Crippen LogP contribution in [0.15, 0.2) is 273 Å². The fraction of sp³-hybridized carbons (Fsp3) is 0.0149. The molecule has 1 unspecified atom stereocenters. The average molecular weight is 892 g/mol. The van der Waals surface area contributed by atoms with Crippen molar-refractivity contribution < 1.29 is 0 Å². The lowest BCUT2D eigenvalue weighted by Gasteiger charge is -2.45. The maximum absolute atomic E-state index is 2.60. The van der Waals surface area contributed by atoms with Crippen LogP contribution in [0.3, 0.4) is 0 Å². The Labute approximate surface area is 407 Å². The second-order valence-electron chi connectivity index (χ2n) is 18.4. The fourth-order valence-corrected chi connectivity index (χ4v) is 11.8. The zero-order chi connectivity index (χ0) is 46.2. The van der Waals surface area contributed by atoms with Crippen LogP contribution in [-0.2, 0) is 5.54 Å². The van der Waals surface area contributed by atoms with Gasteiger partial charge in [0.25, 0.3) is 0 Å². The second-order valence-corrected chi connectivity index (χ2v) is 18.4. The van der Waals surface area contributed by atoms with Gasteiger partial charge in [-0.15, -0.1) is 0 Å². The van der Waals surface area contributed by atoms with Gasteiger partial charge in [0.15, 0.2) is 0 Å². The molecular formula is C67H45N3. The highest BCUT2D eigenvalue weighted by molar-refractivity contribution is 6.12. The molecule has 0 aliphatic heterocycles. The number of rotatable bonds is 8. The highest BCUT2D eigenvalue weighted by atomic mass is 15.2. The van der Waals surface area contributed by atoms with Crippen molar-refractivity contribution in [3.05, 3.63) is 290 Å². The number of anilines is 5. The Hall–Kier alpha value is -9.18. The molecule has 3 nitrogen and oxygen atoms in total. The van der Waals surface area contributed by atoms with Gasteiger partial charge in [0.05, 0.1) is 22.4 Å². The Morgan fingerprint density at radius 3 is 1.70 bits per heavy atom. The summed E-state index contributed by atoms with van der Waals surface area (Å²) in [7, 11) is 0. The summed E-state index contributed by atoms with van der Waals surface area (Å²) in [4.78, 5) is 5.09. The van der Waals surface area contributed by atoms with Crippen LogP contribution in [0.2, 0.25) is 0 Å². The lowest BCUT2D eigenvalue weighted by molar-refractivity contribution is 0.644. The van der Waals surface area contributed by atoms with Gasteiger partial charge < -0.3 is 14.4 Å². The van der Waals surface area contributed by atoms with Crippen LogP contribution in [0.4, 0.5) is 28.4 Å². The lowest BCUT2D eigenvalue weighted by Crippen LogP contribution is -2.44. The number of para-hydroxylation sites is 2. The molecule has 328 valence electrons. The minimum absolute atomic E-state index is 0.790. The predicted octanol–water partition coefficient (Wildman–Crippen LogP) is 17.8. The SMILES string of the molecule is c1ccc(N(c2ccc3ccccc3c2)C2(c3ccccc3)c3ccccc3-c3ccc(N(c4ccc5c6ccccc6n(-c6cccc7ccccc67)c5c4)c4cccc5ccccc45)cc32)cc1. The second kappa shape index (κ2) is 16.0. The number of aromatic nitrogens is 1. The molecule has 12 aromatic carbocycles. The minimum atomic E-state index is -0.790. The molecule has 3 heteroatoms. The van der Waals surface area contributed by atoms with Crippen molar-refractivity contribution in [1.29, 1.82) is 0 Å². The van der Waals surface area contributed by atoms with E-state index in [9.17, 15) is 0 Å². The average Bonchev–Trinajstić information content (AvgIpc) is 3.91. The van der Waals surface area contributed by atoms with Gasteiger partial charge in [-0.2, -0.15) is 0 Å². The fourth-order valence-electron chi connectivity index (χ4n) is 11.8. The van der Waals surface area contributed by atoms with Crippen molar-refractivity contribution in [3.63, 3.8) is 0 Å². The van der Waals surface area contributed by atoms with E-state index in [1.54, 1.807) is 0 Å². The summed E-state index contributed by atoms with van der Waals surface area (Å²) in [5.41, 5.74) is 14.3. The summed E-state index contributed by atoms with van der Waals surface area (Å²) in [5.74, 6) is 0. The molecule has 0 radical (unpaired) electrons. The van der Waals surface area contributed by atoms with Gasteiger partial charge in [-0.25, -0.2) is 0 Å². The van der Waals surface area contributed by atoms with Crippen LogP contribution in [0, 0.1) is 0 Å². The van der Waals surface area contributed by atoms with Gasteiger partial charge in [0.1, 0.15) is 5.54 Å². The first kappa shape index (κ1) is 39.9. The van der Waals surface area contributed by atoms with Crippen molar-refractivity contribution in [3.8, 4) is 16.8 Å². The van der Waals surface area contributed by atoms with E-state index in [-0.39, 0.29) is 0 Å². The topological polar surface area (TPSA) is 11.4 Å². The van der Waals surface area contributed by atoms with Gasteiger partial charge in [0, 0.05) is 44.3 Å². The van der Waals surface area contributed by atoms with E-state index in [1.807, 2.05) is 0 Å². The van der Waals surface area contributed by atoms with Gasteiger partial charge >= 0.3 is 0 Å². The number of benzene rings is 12. The van der Waals surface area contributed by atoms with Crippen LogP contribution < -0.4 is 9.80 Å². The van der Waals surface area contributed by atoms with E-state index >= 15 is 0 Å². The Kier molecular flexibility index (Phi) is 9.11. The Bertz CT molecular complexity index is 4140. The monoisotopic (exact) mass is 891 g/mol. The van der Waals surface area contributed by atoms with E-state index in [1.165, 1.54) is 76.4 Å². The molecule has 1 aliphatic carbocycles. The van der Waals surface area contributed by atoms with E-state index in [0.717, 1.165) is 39.6 Å². The van der Waals surface area contributed by atoms with Crippen LogP contribution >= 0.6 is 0 Å². The first-order chi connectivity index (χ1) is 34.7. The van der Waals surface area contributed by atoms with Gasteiger partial charge in [-0.05, 0) is 116 Å². The Balaban J connectivity index is 1.08. The van der Waals surface area contributed by atoms with Crippen LogP contribution in [-0.4, -0.2) is 4.57 Å². The molecule has 0 saturated carbocycles. The Morgan fingerprint density at radius 2 is 0.871 bits per heavy atom. The van der Waals surface area contributed by atoms with Crippen LogP contribution in [0.1, 0.15) is 16.7 Å².